The largest absolute Gasteiger partial charge is 0.325 e. The van der Waals surface area contributed by atoms with Crippen LogP contribution in [0.5, 0.6) is 0 Å². The van der Waals surface area contributed by atoms with Crippen molar-refractivity contribution < 1.29 is 0 Å². The minimum absolute atomic E-state index is 0.479. The SMILES string of the molecule is NCc1cc(C2CC2)n(-c2cccc(Cl)c2)n1. The Labute approximate surface area is 105 Å². The van der Waals surface area contributed by atoms with Crippen molar-refractivity contribution in [1.29, 1.82) is 0 Å². The van der Waals surface area contributed by atoms with Crippen molar-refractivity contribution in [3.8, 4) is 5.69 Å². The number of hydrogen-bond donors (Lipinski definition) is 1. The van der Waals surface area contributed by atoms with Crippen molar-refractivity contribution in [3.05, 3.63) is 46.7 Å². The van der Waals surface area contributed by atoms with E-state index in [4.69, 9.17) is 17.3 Å². The van der Waals surface area contributed by atoms with Gasteiger partial charge in [-0.05, 0) is 37.1 Å². The number of nitrogens with zero attached hydrogens (tertiary/aromatic N) is 2. The second-order valence-electron chi connectivity index (χ2n) is 4.43. The van der Waals surface area contributed by atoms with E-state index in [2.05, 4.69) is 11.2 Å². The van der Waals surface area contributed by atoms with E-state index in [9.17, 15) is 0 Å². The third-order valence-electron chi connectivity index (χ3n) is 3.05. The summed E-state index contributed by atoms with van der Waals surface area (Å²) in [5.41, 5.74) is 8.87. The number of halogens is 1. The maximum atomic E-state index is 6.02. The molecule has 0 aliphatic heterocycles. The first-order valence-corrected chi connectivity index (χ1v) is 6.20. The number of nitrogens with two attached hydrogens (primary N) is 1. The zero-order valence-corrected chi connectivity index (χ0v) is 10.2. The molecule has 2 N–H and O–H groups in total. The van der Waals surface area contributed by atoms with Crippen molar-refractivity contribution >= 4 is 11.6 Å². The molecule has 1 aromatic heterocycles. The van der Waals surface area contributed by atoms with Crippen LogP contribution in [-0.4, -0.2) is 9.78 Å². The van der Waals surface area contributed by atoms with Gasteiger partial charge in [0.2, 0.25) is 0 Å². The summed E-state index contributed by atoms with van der Waals surface area (Å²) in [7, 11) is 0. The molecule has 4 heteroatoms. The molecule has 0 bridgehead atoms. The van der Waals surface area contributed by atoms with E-state index in [0.717, 1.165) is 16.4 Å². The van der Waals surface area contributed by atoms with Gasteiger partial charge >= 0.3 is 0 Å². The normalized spacial score (nSPS) is 15.2. The predicted octanol–water partition coefficient (Wildman–Crippen LogP) is 2.86. The molecule has 1 heterocycles. The monoisotopic (exact) mass is 247 g/mol. The average molecular weight is 248 g/mol. The summed E-state index contributed by atoms with van der Waals surface area (Å²) in [5.74, 6) is 0.641. The molecule has 3 rings (SSSR count). The molecule has 3 nitrogen and oxygen atoms in total. The van der Waals surface area contributed by atoms with Gasteiger partial charge in [-0.2, -0.15) is 5.10 Å². The molecular formula is C13H14ClN3. The van der Waals surface area contributed by atoms with Gasteiger partial charge in [0.25, 0.3) is 0 Å². The van der Waals surface area contributed by atoms with E-state index in [1.54, 1.807) is 0 Å². The molecule has 0 atom stereocenters. The summed E-state index contributed by atoms with van der Waals surface area (Å²) in [5, 5.41) is 5.26. The Morgan fingerprint density at radius 1 is 1.35 bits per heavy atom. The number of benzene rings is 1. The lowest BCUT2D eigenvalue weighted by Gasteiger charge is -2.06. The summed E-state index contributed by atoms with van der Waals surface area (Å²) >= 11 is 6.02. The Morgan fingerprint density at radius 3 is 2.82 bits per heavy atom. The van der Waals surface area contributed by atoms with Crippen molar-refractivity contribution in [2.75, 3.05) is 0 Å². The van der Waals surface area contributed by atoms with Gasteiger partial charge < -0.3 is 5.73 Å². The summed E-state index contributed by atoms with van der Waals surface area (Å²) in [6.07, 6.45) is 2.49. The predicted molar refractivity (Wildman–Crippen MR) is 68.4 cm³/mol. The van der Waals surface area contributed by atoms with Crippen LogP contribution < -0.4 is 5.73 Å². The molecule has 0 unspecified atom stereocenters. The van der Waals surface area contributed by atoms with Crippen LogP contribution in [0.2, 0.25) is 5.02 Å². The first kappa shape index (κ1) is 10.8. The van der Waals surface area contributed by atoms with Crippen molar-refractivity contribution in [2.45, 2.75) is 25.3 Å². The first-order valence-electron chi connectivity index (χ1n) is 5.83. The lowest BCUT2D eigenvalue weighted by molar-refractivity contribution is 0.786. The fraction of sp³-hybridized carbons (Fsp3) is 0.308. The van der Waals surface area contributed by atoms with Gasteiger partial charge in [0, 0.05) is 23.2 Å². The minimum Gasteiger partial charge on any atom is -0.325 e. The molecule has 1 saturated carbocycles. The molecule has 17 heavy (non-hydrogen) atoms. The standard InChI is InChI=1S/C13H14ClN3/c14-10-2-1-3-12(6-10)17-13(9-4-5-9)7-11(8-15)16-17/h1-3,6-7,9H,4-5,8,15H2. The quantitative estimate of drug-likeness (QED) is 0.907. The molecule has 1 aliphatic rings. The van der Waals surface area contributed by atoms with Crippen LogP contribution in [0.3, 0.4) is 0 Å². The molecular weight excluding hydrogens is 234 g/mol. The third kappa shape index (κ3) is 2.08. The van der Waals surface area contributed by atoms with Crippen LogP contribution in [0.4, 0.5) is 0 Å². The zero-order valence-electron chi connectivity index (χ0n) is 9.44. The van der Waals surface area contributed by atoms with Crippen LogP contribution in [0.25, 0.3) is 5.69 Å². The highest BCUT2D eigenvalue weighted by Gasteiger charge is 2.28. The van der Waals surface area contributed by atoms with E-state index >= 15 is 0 Å². The highest BCUT2D eigenvalue weighted by molar-refractivity contribution is 6.30. The van der Waals surface area contributed by atoms with Gasteiger partial charge in [0.15, 0.2) is 0 Å². The van der Waals surface area contributed by atoms with Gasteiger partial charge in [0.05, 0.1) is 11.4 Å². The van der Waals surface area contributed by atoms with Crippen LogP contribution in [0.1, 0.15) is 30.1 Å². The first-order chi connectivity index (χ1) is 8.28. The van der Waals surface area contributed by atoms with E-state index in [0.29, 0.717) is 12.5 Å². The molecule has 0 radical (unpaired) electrons. The summed E-state index contributed by atoms with van der Waals surface area (Å²) in [4.78, 5) is 0. The van der Waals surface area contributed by atoms with Crippen molar-refractivity contribution in [2.24, 2.45) is 5.73 Å². The van der Waals surface area contributed by atoms with E-state index in [-0.39, 0.29) is 0 Å². The Balaban J connectivity index is 2.09. The molecule has 0 saturated heterocycles. The molecule has 2 aromatic rings. The van der Waals surface area contributed by atoms with Gasteiger partial charge in [-0.3, -0.25) is 0 Å². The van der Waals surface area contributed by atoms with Crippen LogP contribution in [0.15, 0.2) is 30.3 Å². The van der Waals surface area contributed by atoms with Crippen LogP contribution in [-0.2, 0) is 6.54 Å². The van der Waals surface area contributed by atoms with Crippen LogP contribution >= 0.6 is 11.6 Å². The topological polar surface area (TPSA) is 43.8 Å². The van der Waals surface area contributed by atoms with Gasteiger partial charge in [-0.15, -0.1) is 0 Å². The number of aromatic nitrogens is 2. The molecule has 0 amide bonds. The van der Waals surface area contributed by atoms with Crippen molar-refractivity contribution in [3.63, 3.8) is 0 Å². The summed E-state index contributed by atoms with van der Waals surface area (Å²) < 4.78 is 1.98. The number of rotatable bonds is 3. The lowest BCUT2D eigenvalue weighted by Crippen LogP contribution is -2.02. The Bertz CT molecular complexity index is 543. The Kier molecular flexibility index (Phi) is 2.65. The van der Waals surface area contributed by atoms with E-state index < -0.39 is 0 Å². The Morgan fingerprint density at radius 2 is 2.18 bits per heavy atom. The smallest absolute Gasteiger partial charge is 0.0767 e. The molecule has 88 valence electrons. The van der Waals surface area contributed by atoms with Gasteiger partial charge in [-0.25, -0.2) is 4.68 Å². The highest BCUT2D eigenvalue weighted by atomic mass is 35.5. The van der Waals surface area contributed by atoms with Gasteiger partial charge in [-0.1, -0.05) is 17.7 Å². The third-order valence-corrected chi connectivity index (χ3v) is 3.28. The molecule has 1 fully saturated rings. The molecule has 1 aliphatic carbocycles. The maximum absolute atomic E-state index is 6.02. The van der Waals surface area contributed by atoms with E-state index in [1.807, 2.05) is 28.9 Å². The van der Waals surface area contributed by atoms with Crippen LogP contribution in [0, 0.1) is 0 Å². The summed E-state index contributed by atoms with van der Waals surface area (Å²) in [6.45, 7) is 0.479. The van der Waals surface area contributed by atoms with Crippen molar-refractivity contribution in [1.82, 2.24) is 9.78 Å². The van der Waals surface area contributed by atoms with E-state index in [1.165, 1.54) is 18.5 Å². The number of hydrogen-bond acceptors (Lipinski definition) is 2. The second-order valence-corrected chi connectivity index (χ2v) is 4.87. The maximum Gasteiger partial charge on any atom is 0.0767 e. The second kappa shape index (κ2) is 4.17. The minimum atomic E-state index is 0.479. The highest BCUT2D eigenvalue weighted by Crippen LogP contribution is 2.41. The summed E-state index contributed by atoms with van der Waals surface area (Å²) in [6, 6.07) is 9.87. The molecule has 1 aromatic carbocycles. The average Bonchev–Trinajstić information content (AvgIpc) is 3.08. The lowest BCUT2D eigenvalue weighted by atomic mass is 10.2. The Hall–Kier alpha value is -1.32. The zero-order chi connectivity index (χ0) is 11.8. The fourth-order valence-electron chi connectivity index (χ4n) is 2.03. The fourth-order valence-corrected chi connectivity index (χ4v) is 2.22. The molecule has 0 spiro atoms. The van der Waals surface area contributed by atoms with Gasteiger partial charge in [0.1, 0.15) is 0 Å².